The number of ether oxygens (including phenoxy) is 2. The Hall–Kier alpha value is -3.28. The molecule has 0 radical (unpaired) electrons. The topological polar surface area (TPSA) is 67.9 Å². The first-order valence-electron chi connectivity index (χ1n) is 9.98. The van der Waals surface area contributed by atoms with Crippen molar-refractivity contribution in [3.05, 3.63) is 65.4 Å². The zero-order valence-electron chi connectivity index (χ0n) is 16.2. The van der Waals surface area contributed by atoms with Crippen molar-refractivity contribution in [1.82, 2.24) is 10.2 Å². The maximum atomic E-state index is 13.2. The Balaban J connectivity index is 1.62. The van der Waals surface area contributed by atoms with E-state index >= 15 is 0 Å². The van der Waals surface area contributed by atoms with Gasteiger partial charge in [-0.3, -0.25) is 9.59 Å². The number of likely N-dealkylation sites (tertiary alicyclic amines) is 1. The Morgan fingerprint density at radius 3 is 2.38 bits per heavy atom. The molecule has 4 rings (SSSR count). The zero-order chi connectivity index (χ0) is 20.1. The quantitative estimate of drug-likeness (QED) is 0.808. The molecule has 1 fully saturated rings. The van der Waals surface area contributed by atoms with Crippen LogP contribution in [0.2, 0.25) is 0 Å². The van der Waals surface area contributed by atoms with Crippen LogP contribution in [0.5, 0.6) is 11.5 Å². The number of amides is 2. The average Bonchev–Trinajstić information content (AvgIpc) is 3.05. The van der Waals surface area contributed by atoms with Crippen molar-refractivity contribution in [3.63, 3.8) is 0 Å². The highest BCUT2D eigenvalue weighted by Crippen LogP contribution is 2.33. The van der Waals surface area contributed by atoms with Crippen LogP contribution in [0.4, 0.5) is 0 Å². The molecule has 6 heteroatoms. The highest BCUT2D eigenvalue weighted by molar-refractivity contribution is 6.05. The van der Waals surface area contributed by atoms with Crippen LogP contribution in [0, 0.1) is 0 Å². The van der Waals surface area contributed by atoms with E-state index in [1.165, 1.54) is 0 Å². The van der Waals surface area contributed by atoms with Crippen molar-refractivity contribution in [1.29, 1.82) is 0 Å². The maximum absolute atomic E-state index is 13.2. The number of benzene rings is 2. The molecule has 2 amide bonds. The summed E-state index contributed by atoms with van der Waals surface area (Å²) in [5.41, 5.74) is 1.54. The lowest BCUT2D eigenvalue weighted by atomic mass is 10.1. The highest BCUT2D eigenvalue weighted by atomic mass is 16.7. The van der Waals surface area contributed by atoms with Gasteiger partial charge in [-0.15, -0.1) is 0 Å². The zero-order valence-corrected chi connectivity index (χ0v) is 16.2. The molecule has 6 nitrogen and oxygen atoms in total. The van der Waals surface area contributed by atoms with Crippen molar-refractivity contribution in [3.8, 4) is 11.5 Å². The molecule has 2 aromatic carbocycles. The van der Waals surface area contributed by atoms with Gasteiger partial charge in [0.2, 0.25) is 6.79 Å². The van der Waals surface area contributed by atoms with Crippen LogP contribution in [-0.4, -0.2) is 36.6 Å². The lowest BCUT2D eigenvalue weighted by Gasteiger charge is -2.22. The molecular formula is C23H24N2O4. The second-order valence-corrected chi connectivity index (χ2v) is 7.20. The first-order valence-corrected chi connectivity index (χ1v) is 9.98. The summed E-state index contributed by atoms with van der Waals surface area (Å²) in [4.78, 5) is 27.8. The first-order chi connectivity index (χ1) is 14.2. The maximum Gasteiger partial charge on any atom is 0.270 e. The van der Waals surface area contributed by atoms with E-state index in [-0.39, 0.29) is 24.3 Å². The van der Waals surface area contributed by atoms with Crippen LogP contribution in [0.3, 0.4) is 0 Å². The van der Waals surface area contributed by atoms with E-state index in [9.17, 15) is 9.59 Å². The number of fused-ring (bicyclic) bond motifs is 1. The number of carbonyl (C=O) groups excluding carboxylic acids is 2. The molecule has 0 unspecified atom stereocenters. The van der Waals surface area contributed by atoms with Crippen LogP contribution in [0.1, 0.15) is 41.6 Å². The third kappa shape index (κ3) is 4.59. The lowest BCUT2D eigenvalue weighted by Crippen LogP contribution is -2.39. The molecule has 150 valence electrons. The van der Waals surface area contributed by atoms with Gasteiger partial charge in [0.05, 0.1) is 0 Å². The average molecular weight is 392 g/mol. The van der Waals surface area contributed by atoms with Crippen LogP contribution < -0.4 is 14.8 Å². The van der Waals surface area contributed by atoms with Gasteiger partial charge in [0, 0.05) is 18.7 Å². The van der Waals surface area contributed by atoms with Gasteiger partial charge in [0.25, 0.3) is 11.8 Å². The molecule has 0 aliphatic carbocycles. The smallest absolute Gasteiger partial charge is 0.270 e. The Kier molecular flexibility index (Phi) is 5.79. The fourth-order valence-corrected chi connectivity index (χ4v) is 3.55. The van der Waals surface area contributed by atoms with Crippen molar-refractivity contribution >= 4 is 17.9 Å². The van der Waals surface area contributed by atoms with E-state index < -0.39 is 0 Å². The Labute approximate surface area is 170 Å². The molecule has 0 atom stereocenters. The van der Waals surface area contributed by atoms with Gasteiger partial charge in [-0.2, -0.15) is 0 Å². The molecule has 2 aromatic rings. The van der Waals surface area contributed by atoms with Crippen molar-refractivity contribution in [2.75, 3.05) is 19.9 Å². The fourth-order valence-electron chi connectivity index (χ4n) is 3.55. The molecule has 0 aromatic heterocycles. The lowest BCUT2D eigenvalue weighted by molar-refractivity contribution is -0.127. The normalized spacial score (nSPS) is 16.3. The number of rotatable bonds is 4. The number of hydrogen-bond acceptors (Lipinski definition) is 4. The molecule has 0 saturated carbocycles. The van der Waals surface area contributed by atoms with Crippen LogP contribution in [0.15, 0.2) is 54.2 Å². The van der Waals surface area contributed by atoms with Gasteiger partial charge in [-0.1, -0.05) is 37.1 Å². The Morgan fingerprint density at radius 1 is 0.897 bits per heavy atom. The van der Waals surface area contributed by atoms with Crippen LogP contribution >= 0.6 is 0 Å². The summed E-state index contributed by atoms with van der Waals surface area (Å²) in [6.45, 7) is 1.60. The number of hydrogen-bond donors (Lipinski definition) is 1. The van der Waals surface area contributed by atoms with E-state index in [1.807, 2.05) is 23.1 Å². The van der Waals surface area contributed by atoms with Gasteiger partial charge in [-0.25, -0.2) is 0 Å². The minimum atomic E-state index is -0.305. The summed E-state index contributed by atoms with van der Waals surface area (Å²) >= 11 is 0. The fraction of sp³-hybridized carbons (Fsp3) is 0.304. The first kappa shape index (κ1) is 19.1. The highest BCUT2D eigenvalue weighted by Gasteiger charge is 2.22. The molecule has 1 N–H and O–H groups in total. The van der Waals surface area contributed by atoms with E-state index in [4.69, 9.17) is 9.47 Å². The second kappa shape index (κ2) is 8.82. The number of nitrogens with zero attached hydrogens (tertiary/aromatic N) is 1. The van der Waals surface area contributed by atoms with E-state index in [1.54, 1.807) is 36.4 Å². The summed E-state index contributed by atoms with van der Waals surface area (Å²) < 4.78 is 10.8. The minimum absolute atomic E-state index is 0.158. The minimum Gasteiger partial charge on any atom is -0.454 e. The predicted octanol–water partition coefficient (Wildman–Crippen LogP) is 3.59. The standard InChI is InChI=1S/C23H24N2O4/c26-22(18-8-4-3-5-9-18)24-19(23(27)25-12-6-1-2-7-13-25)14-17-10-11-20-21(15-17)29-16-28-20/h3-5,8-11,14-15H,1-2,6-7,12-13,16H2,(H,24,26)/b19-14-. The second-order valence-electron chi connectivity index (χ2n) is 7.20. The van der Waals surface area contributed by atoms with Gasteiger partial charge in [0.1, 0.15) is 5.70 Å². The Morgan fingerprint density at radius 2 is 1.62 bits per heavy atom. The molecule has 29 heavy (non-hydrogen) atoms. The summed E-state index contributed by atoms with van der Waals surface area (Å²) in [7, 11) is 0. The van der Waals surface area contributed by atoms with Crippen molar-refractivity contribution in [2.24, 2.45) is 0 Å². The SMILES string of the molecule is O=C(N/C(=C\c1ccc2c(c1)OCO2)C(=O)N1CCCCCC1)c1ccccc1. The third-order valence-corrected chi connectivity index (χ3v) is 5.12. The van der Waals surface area contributed by atoms with Gasteiger partial charge >= 0.3 is 0 Å². The summed E-state index contributed by atoms with van der Waals surface area (Å²) in [5, 5.41) is 2.83. The summed E-state index contributed by atoms with van der Waals surface area (Å²) in [6, 6.07) is 14.4. The molecule has 1 saturated heterocycles. The van der Waals surface area contributed by atoms with Gasteiger partial charge in [-0.05, 0) is 48.7 Å². The number of carbonyl (C=O) groups is 2. The van der Waals surface area contributed by atoms with Gasteiger partial charge in [0.15, 0.2) is 11.5 Å². The van der Waals surface area contributed by atoms with E-state index in [2.05, 4.69) is 5.32 Å². The third-order valence-electron chi connectivity index (χ3n) is 5.12. The van der Waals surface area contributed by atoms with E-state index in [0.29, 0.717) is 30.2 Å². The largest absolute Gasteiger partial charge is 0.454 e. The van der Waals surface area contributed by atoms with Crippen LogP contribution in [0.25, 0.3) is 6.08 Å². The van der Waals surface area contributed by atoms with Crippen molar-refractivity contribution in [2.45, 2.75) is 25.7 Å². The number of nitrogens with one attached hydrogen (secondary N) is 1. The van der Waals surface area contributed by atoms with Crippen LogP contribution in [-0.2, 0) is 4.79 Å². The molecule has 2 aliphatic rings. The monoisotopic (exact) mass is 392 g/mol. The molecule has 2 aliphatic heterocycles. The van der Waals surface area contributed by atoms with Gasteiger partial charge < -0.3 is 19.7 Å². The summed E-state index contributed by atoms with van der Waals surface area (Å²) in [5.74, 6) is 0.847. The molecular weight excluding hydrogens is 368 g/mol. The van der Waals surface area contributed by atoms with Crippen molar-refractivity contribution < 1.29 is 19.1 Å². The predicted molar refractivity (Wildman–Crippen MR) is 109 cm³/mol. The molecule has 2 heterocycles. The molecule has 0 bridgehead atoms. The van der Waals surface area contributed by atoms with E-state index in [0.717, 1.165) is 31.2 Å². The summed E-state index contributed by atoms with van der Waals surface area (Å²) in [6.07, 6.45) is 5.92. The molecule has 0 spiro atoms. The Bertz CT molecular complexity index is 916.